The molecule has 0 aromatic heterocycles. The third-order valence-electron chi connectivity index (χ3n) is 3.50. The highest BCUT2D eigenvalue weighted by molar-refractivity contribution is 6.26. The second-order valence-electron chi connectivity index (χ2n) is 4.94. The molecule has 5 heteroatoms. The first kappa shape index (κ1) is 15.0. The van der Waals surface area contributed by atoms with E-state index in [2.05, 4.69) is 0 Å². The summed E-state index contributed by atoms with van der Waals surface area (Å²) in [7, 11) is 1.53. The van der Waals surface area contributed by atoms with Gasteiger partial charge in [-0.25, -0.2) is 4.79 Å². The van der Waals surface area contributed by atoms with Gasteiger partial charge in [-0.15, -0.1) is 0 Å². The van der Waals surface area contributed by atoms with Crippen LogP contribution in [0, 0.1) is 0 Å². The molecular formula is C18H16O5. The van der Waals surface area contributed by atoms with E-state index in [0.717, 1.165) is 5.56 Å². The zero-order chi connectivity index (χ0) is 16.4. The van der Waals surface area contributed by atoms with Gasteiger partial charge in [0.05, 0.1) is 19.3 Å². The molecule has 2 aromatic carbocycles. The van der Waals surface area contributed by atoms with E-state index in [9.17, 15) is 9.90 Å². The molecule has 2 aromatic rings. The van der Waals surface area contributed by atoms with Crippen LogP contribution >= 0.6 is 0 Å². The molecule has 0 saturated heterocycles. The summed E-state index contributed by atoms with van der Waals surface area (Å²) in [6.07, 6.45) is 1.70. The smallest absolute Gasteiger partial charge is 0.344 e. The van der Waals surface area contributed by atoms with Gasteiger partial charge in [0.1, 0.15) is 0 Å². The molecule has 0 aliphatic carbocycles. The maximum absolute atomic E-state index is 12.2. The third-order valence-corrected chi connectivity index (χ3v) is 3.50. The van der Waals surface area contributed by atoms with Crippen molar-refractivity contribution < 1.29 is 24.1 Å². The number of phenolic OH excluding ortho intramolecular Hbond substituents is 1. The molecule has 23 heavy (non-hydrogen) atoms. The van der Waals surface area contributed by atoms with Crippen molar-refractivity contribution in [3.63, 3.8) is 0 Å². The van der Waals surface area contributed by atoms with Gasteiger partial charge in [-0.2, -0.15) is 0 Å². The average molecular weight is 312 g/mol. The molecule has 1 aliphatic heterocycles. The number of phenols is 1. The first-order valence-electron chi connectivity index (χ1n) is 7.21. The number of para-hydroxylation sites is 1. The SMILES string of the molecule is CCOc1cc(C=C2C(=O)Oc3c(OC)cccc32)ccc1O. The van der Waals surface area contributed by atoms with E-state index in [-0.39, 0.29) is 5.75 Å². The summed E-state index contributed by atoms with van der Waals surface area (Å²) in [5.74, 6) is 0.940. The predicted molar refractivity (Wildman–Crippen MR) is 85.8 cm³/mol. The number of carbonyl (C=O) groups is 1. The Morgan fingerprint density at radius 2 is 2.04 bits per heavy atom. The number of esters is 1. The molecule has 0 spiro atoms. The first-order chi connectivity index (χ1) is 11.1. The lowest BCUT2D eigenvalue weighted by molar-refractivity contribution is -0.127. The summed E-state index contributed by atoms with van der Waals surface area (Å²) in [6, 6.07) is 10.3. The normalized spacial score (nSPS) is 14.5. The monoisotopic (exact) mass is 312 g/mol. The summed E-state index contributed by atoms with van der Waals surface area (Å²) in [5.41, 5.74) is 1.85. The number of fused-ring (bicyclic) bond motifs is 1. The molecule has 0 amide bonds. The number of methoxy groups -OCH3 is 1. The van der Waals surface area contributed by atoms with Crippen LogP contribution in [0.3, 0.4) is 0 Å². The standard InChI is InChI=1S/C18H16O5/c1-3-22-16-10-11(7-8-14(16)19)9-13-12-5-4-6-15(21-2)17(12)23-18(13)20/h4-10,19H,3H2,1-2H3. The van der Waals surface area contributed by atoms with Gasteiger partial charge in [0.15, 0.2) is 23.0 Å². The largest absolute Gasteiger partial charge is 0.504 e. The molecule has 3 rings (SSSR count). The Kier molecular flexibility index (Phi) is 3.93. The Morgan fingerprint density at radius 1 is 1.22 bits per heavy atom. The number of aromatic hydroxyl groups is 1. The Hall–Kier alpha value is -2.95. The van der Waals surface area contributed by atoms with Gasteiger partial charge in [-0.3, -0.25) is 0 Å². The van der Waals surface area contributed by atoms with Crippen molar-refractivity contribution in [2.75, 3.05) is 13.7 Å². The van der Waals surface area contributed by atoms with Crippen molar-refractivity contribution in [3.8, 4) is 23.0 Å². The Morgan fingerprint density at radius 3 is 2.78 bits per heavy atom. The van der Waals surface area contributed by atoms with Crippen LogP contribution in [0.2, 0.25) is 0 Å². The van der Waals surface area contributed by atoms with E-state index in [1.807, 2.05) is 6.92 Å². The van der Waals surface area contributed by atoms with Gasteiger partial charge in [-0.1, -0.05) is 18.2 Å². The lowest BCUT2D eigenvalue weighted by Crippen LogP contribution is -2.01. The molecule has 1 heterocycles. The zero-order valence-corrected chi connectivity index (χ0v) is 12.8. The predicted octanol–water partition coefficient (Wildman–Crippen LogP) is 3.26. The lowest BCUT2D eigenvalue weighted by atomic mass is 10.0. The molecule has 1 N–H and O–H groups in total. The van der Waals surface area contributed by atoms with Gasteiger partial charge < -0.3 is 19.3 Å². The van der Waals surface area contributed by atoms with E-state index in [4.69, 9.17) is 14.2 Å². The van der Waals surface area contributed by atoms with Crippen LogP contribution in [0.15, 0.2) is 36.4 Å². The van der Waals surface area contributed by atoms with E-state index >= 15 is 0 Å². The molecular weight excluding hydrogens is 296 g/mol. The minimum Gasteiger partial charge on any atom is -0.504 e. The topological polar surface area (TPSA) is 65.0 Å². The second-order valence-corrected chi connectivity index (χ2v) is 4.94. The molecule has 0 saturated carbocycles. The Bertz CT molecular complexity index is 792. The summed E-state index contributed by atoms with van der Waals surface area (Å²) >= 11 is 0. The molecule has 5 nitrogen and oxygen atoms in total. The summed E-state index contributed by atoms with van der Waals surface area (Å²) in [6.45, 7) is 2.27. The van der Waals surface area contributed by atoms with Gasteiger partial charge in [0.25, 0.3) is 0 Å². The highest BCUT2D eigenvalue weighted by Crippen LogP contribution is 2.42. The van der Waals surface area contributed by atoms with Crippen LogP contribution in [0.25, 0.3) is 11.6 Å². The van der Waals surface area contributed by atoms with Crippen molar-refractivity contribution >= 4 is 17.6 Å². The quantitative estimate of drug-likeness (QED) is 0.533. The van der Waals surface area contributed by atoms with E-state index in [1.54, 1.807) is 36.4 Å². The van der Waals surface area contributed by atoms with Crippen LogP contribution in [0.5, 0.6) is 23.0 Å². The molecule has 1 aliphatic rings. The number of hydrogen-bond donors (Lipinski definition) is 1. The van der Waals surface area contributed by atoms with Crippen LogP contribution < -0.4 is 14.2 Å². The third kappa shape index (κ3) is 2.73. The van der Waals surface area contributed by atoms with E-state index < -0.39 is 5.97 Å². The fraction of sp³-hybridized carbons (Fsp3) is 0.167. The fourth-order valence-electron chi connectivity index (χ4n) is 2.45. The summed E-state index contributed by atoms with van der Waals surface area (Å²) in [5, 5.41) is 9.75. The second kappa shape index (κ2) is 6.04. The zero-order valence-electron chi connectivity index (χ0n) is 12.8. The van der Waals surface area contributed by atoms with Crippen molar-refractivity contribution in [3.05, 3.63) is 47.5 Å². The van der Waals surface area contributed by atoms with Gasteiger partial charge in [0.2, 0.25) is 0 Å². The van der Waals surface area contributed by atoms with Gasteiger partial charge in [0, 0.05) is 5.56 Å². The van der Waals surface area contributed by atoms with Gasteiger partial charge in [-0.05, 0) is 36.8 Å². The highest BCUT2D eigenvalue weighted by atomic mass is 16.6. The van der Waals surface area contributed by atoms with Crippen molar-refractivity contribution in [1.29, 1.82) is 0 Å². The average Bonchev–Trinajstić information content (AvgIpc) is 2.87. The number of ether oxygens (including phenoxy) is 3. The molecule has 118 valence electrons. The molecule has 0 radical (unpaired) electrons. The maximum atomic E-state index is 12.2. The number of benzene rings is 2. The van der Waals surface area contributed by atoms with Crippen LogP contribution in [0.1, 0.15) is 18.1 Å². The van der Waals surface area contributed by atoms with Crippen molar-refractivity contribution in [2.24, 2.45) is 0 Å². The molecule has 0 fully saturated rings. The fourth-order valence-corrected chi connectivity index (χ4v) is 2.45. The lowest BCUT2D eigenvalue weighted by Gasteiger charge is -2.06. The van der Waals surface area contributed by atoms with Crippen LogP contribution in [0.4, 0.5) is 0 Å². The van der Waals surface area contributed by atoms with Crippen LogP contribution in [-0.4, -0.2) is 24.8 Å². The number of rotatable bonds is 4. The molecule has 0 bridgehead atoms. The molecule has 0 unspecified atom stereocenters. The van der Waals surface area contributed by atoms with E-state index in [0.29, 0.717) is 35.0 Å². The Balaban J connectivity index is 2.05. The first-order valence-corrected chi connectivity index (χ1v) is 7.21. The minimum atomic E-state index is -0.435. The maximum Gasteiger partial charge on any atom is 0.344 e. The van der Waals surface area contributed by atoms with Crippen LogP contribution in [-0.2, 0) is 4.79 Å². The van der Waals surface area contributed by atoms with E-state index in [1.165, 1.54) is 13.2 Å². The van der Waals surface area contributed by atoms with Crippen molar-refractivity contribution in [2.45, 2.75) is 6.92 Å². The highest BCUT2D eigenvalue weighted by Gasteiger charge is 2.29. The van der Waals surface area contributed by atoms with Crippen molar-refractivity contribution in [1.82, 2.24) is 0 Å². The Labute approximate surface area is 133 Å². The molecule has 0 atom stereocenters. The number of carbonyl (C=O) groups excluding carboxylic acids is 1. The number of hydrogen-bond acceptors (Lipinski definition) is 5. The minimum absolute atomic E-state index is 0.0602. The summed E-state index contributed by atoms with van der Waals surface area (Å²) < 4.78 is 15.9. The summed E-state index contributed by atoms with van der Waals surface area (Å²) in [4.78, 5) is 12.2. The van der Waals surface area contributed by atoms with Gasteiger partial charge >= 0.3 is 5.97 Å².